The number of nitrogens with one attached hydrogen (secondary N) is 1. The van der Waals surface area contributed by atoms with E-state index in [0.29, 0.717) is 6.04 Å². The van der Waals surface area contributed by atoms with E-state index in [-0.39, 0.29) is 12.1 Å². The molecule has 1 rings (SSSR count). The van der Waals surface area contributed by atoms with Crippen molar-refractivity contribution in [1.29, 1.82) is 0 Å². The van der Waals surface area contributed by atoms with Gasteiger partial charge in [-0.15, -0.1) is 0 Å². The Hall–Kier alpha value is -0.120. The quantitative estimate of drug-likeness (QED) is 0.716. The molecule has 3 nitrogen and oxygen atoms in total. The first-order valence-corrected chi connectivity index (χ1v) is 7.54. The fourth-order valence-electron chi connectivity index (χ4n) is 3.07. The Morgan fingerprint density at radius 1 is 1.28 bits per heavy atom. The third-order valence-electron chi connectivity index (χ3n) is 4.79. The molecule has 1 aliphatic rings. The van der Waals surface area contributed by atoms with E-state index in [1.807, 2.05) is 7.05 Å². The highest BCUT2D eigenvalue weighted by Gasteiger charge is 2.28. The molecule has 0 aliphatic heterocycles. The maximum atomic E-state index is 9.49. The molecular weight excluding hydrogens is 224 g/mol. The van der Waals surface area contributed by atoms with Crippen molar-refractivity contribution in [2.75, 3.05) is 20.7 Å². The minimum atomic E-state index is -0.154. The van der Waals surface area contributed by atoms with Gasteiger partial charge in [0.2, 0.25) is 0 Å². The van der Waals surface area contributed by atoms with Gasteiger partial charge >= 0.3 is 0 Å². The van der Waals surface area contributed by atoms with Crippen LogP contribution in [-0.4, -0.2) is 48.3 Å². The zero-order chi connectivity index (χ0) is 13.6. The van der Waals surface area contributed by atoms with Gasteiger partial charge in [0.05, 0.1) is 6.61 Å². The minimum absolute atomic E-state index is 0.154. The number of hydrogen-bond donors (Lipinski definition) is 2. The summed E-state index contributed by atoms with van der Waals surface area (Å²) in [5.41, 5.74) is -0.154. The van der Waals surface area contributed by atoms with Crippen LogP contribution in [0.1, 0.15) is 58.8 Å². The first kappa shape index (κ1) is 15.9. The average molecular weight is 256 g/mol. The topological polar surface area (TPSA) is 35.5 Å². The molecule has 1 aliphatic carbocycles. The highest BCUT2D eigenvalue weighted by molar-refractivity contribution is 4.87. The highest BCUT2D eigenvalue weighted by atomic mass is 16.3. The number of aliphatic hydroxyl groups is 1. The van der Waals surface area contributed by atoms with Crippen LogP contribution in [0.5, 0.6) is 0 Å². The molecule has 18 heavy (non-hydrogen) atoms. The van der Waals surface area contributed by atoms with Crippen LogP contribution in [0.3, 0.4) is 0 Å². The molecule has 0 aromatic carbocycles. The summed E-state index contributed by atoms with van der Waals surface area (Å²) in [5, 5.41) is 12.7. The molecule has 0 bridgehead atoms. The molecule has 2 unspecified atom stereocenters. The summed E-state index contributed by atoms with van der Waals surface area (Å²) < 4.78 is 0. The van der Waals surface area contributed by atoms with E-state index >= 15 is 0 Å². The van der Waals surface area contributed by atoms with Gasteiger partial charge in [-0.05, 0) is 47.2 Å². The van der Waals surface area contributed by atoms with Gasteiger partial charge in [0.15, 0.2) is 0 Å². The monoisotopic (exact) mass is 256 g/mol. The maximum Gasteiger partial charge on any atom is 0.0611 e. The Morgan fingerprint density at radius 2 is 1.83 bits per heavy atom. The van der Waals surface area contributed by atoms with E-state index in [1.165, 1.54) is 38.5 Å². The Balaban J connectivity index is 2.51. The fourth-order valence-corrected chi connectivity index (χ4v) is 3.07. The third-order valence-corrected chi connectivity index (χ3v) is 4.79. The molecule has 0 amide bonds. The van der Waals surface area contributed by atoms with Crippen molar-refractivity contribution in [3.05, 3.63) is 0 Å². The number of likely N-dealkylation sites (N-methyl/N-ethyl adjacent to an activating group) is 1. The van der Waals surface area contributed by atoms with Crippen LogP contribution < -0.4 is 5.32 Å². The van der Waals surface area contributed by atoms with Gasteiger partial charge in [-0.2, -0.15) is 0 Å². The van der Waals surface area contributed by atoms with Crippen molar-refractivity contribution in [3.63, 3.8) is 0 Å². The lowest BCUT2D eigenvalue weighted by Gasteiger charge is -2.38. The smallest absolute Gasteiger partial charge is 0.0611 e. The highest BCUT2D eigenvalue weighted by Crippen LogP contribution is 2.24. The summed E-state index contributed by atoms with van der Waals surface area (Å²) in [6.07, 6.45) is 9.25. The largest absolute Gasteiger partial charge is 0.394 e. The molecule has 1 saturated carbocycles. The van der Waals surface area contributed by atoms with Crippen molar-refractivity contribution in [2.45, 2.75) is 76.4 Å². The number of rotatable bonds is 6. The van der Waals surface area contributed by atoms with Crippen molar-refractivity contribution >= 4 is 0 Å². The van der Waals surface area contributed by atoms with Crippen molar-refractivity contribution in [1.82, 2.24) is 10.2 Å². The second-order valence-corrected chi connectivity index (χ2v) is 6.33. The normalized spacial score (nSPS) is 23.7. The molecule has 0 radical (unpaired) electrons. The van der Waals surface area contributed by atoms with E-state index in [4.69, 9.17) is 0 Å². The van der Waals surface area contributed by atoms with Crippen LogP contribution >= 0.6 is 0 Å². The predicted molar refractivity (Wildman–Crippen MR) is 77.9 cm³/mol. The molecule has 0 spiro atoms. The summed E-state index contributed by atoms with van der Waals surface area (Å²) in [4.78, 5) is 2.54. The molecule has 2 atom stereocenters. The van der Waals surface area contributed by atoms with E-state index in [1.54, 1.807) is 0 Å². The molecule has 108 valence electrons. The number of aliphatic hydroxyl groups excluding tert-OH is 1. The maximum absolute atomic E-state index is 9.49. The Bertz CT molecular complexity index is 221. The lowest BCUT2D eigenvalue weighted by atomic mass is 9.93. The summed E-state index contributed by atoms with van der Waals surface area (Å²) in [6, 6.07) is 1.25. The first-order chi connectivity index (χ1) is 8.52. The molecule has 2 N–H and O–H groups in total. The SMILES string of the molecule is CNC(C)(CO)CC(C)N(C)C1CCCCCC1. The van der Waals surface area contributed by atoms with Gasteiger partial charge < -0.3 is 15.3 Å². The molecule has 3 heteroatoms. The van der Waals surface area contributed by atoms with E-state index < -0.39 is 0 Å². The second kappa shape index (κ2) is 7.46. The Labute approximate surface area is 113 Å². The van der Waals surface area contributed by atoms with Crippen LogP contribution in [0.4, 0.5) is 0 Å². The summed E-state index contributed by atoms with van der Waals surface area (Å²) >= 11 is 0. The van der Waals surface area contributed by atoms with Crippen LogP contribution in [-0.2, 0) is 0 Å². The van der Waals surface area contributed by atoms with Crippen LogP contribution in [0.15, 0.2) is 0 Å². The summed E-state index contributed by atoms with van der Waals surface area (Å²) in [5.74, 6) is 0. The fraction of sp³-hybridized carbons (Fsp3) is 1.00. The molecule has 0 heterocycles. The van der Waals surface area contributed by atoms with Crippen molar-refractivity contribution < 1.29 is 5.11 Å². The summed E-state index contributed by atoms with van der Waals surface area (Å²) in [7, 11) is 4.20. The Kier molecular flexibility index (Phi) is 6.61. The second-order valence-electron chi connectivity index (χ2n) is 6.33. The van der Waals surface area contributed by atoms with Crippen LogP contribution in [0.25, 0.3) is 0 Å². The zero-order valence-electron chi connectivity index (χ0n) is 12.7. The molecule has 0 aromatic rings. The van der Waals surface area contributed by atoms with E-state index in [0.717, 1.165) is 12.5 Å². The van der Waals surface area contributed by atoms with Gasteiger partial charge in [-0.25, -0.2) is 0 Å². The van der Waals surface area contributed by atoms with Gasteiger partial charge in [-0.3, -0.25) is 0 Å². The van der Waals surface area contributed by atoms with Gasteiger partial charge in [-0.1, -0.05) is 25.7 Å². The molecule has 1 fully saturated rings. The van der Waals surface area contributed by atoms with E-state index in [2.05, 4.69) is 31.1 Å². The number of nitrogens with zero attached hydrogens (tertiary/aromatic N) is 1. The lowest BCUT2D eigenvalue weighted by Crippen LogP contribution is -2.50. The lowest BCUT2D eigenvalue weighted by molar-refractivity contribution is 0.104. The Morgan fingerprint density at radius 3 is 2.28 bits per heavy atom. The molecular formula is C15H32N2O. The first-order valence-electron chi connectivity index (χ1n) is 7.54. The van der Waals surface area contributed by atoms with Gasteiger partial charge in [0.25, 0.3) is 0 Å². The average Bonchev–Trinajstić information content (AvgIpc) is 2.66. The third kappa shape index (κ3) is 4.52. The van der Waals surface area contributed by atoms with Crippen molar-refractivity contribution in [3.8, 4) is 0 Å². The zero-order valence-corrected chi connectivity index (χ0v) is 12.7. The van der Waals surface area contributed by atoms with Crippen LogP contribution in [0.2, 0.25) is 0 Å². The molecule has 0 saturated heterocycles. The standard InChI is InChI=1S/C15H32N2O/c1-13(11-15(2,12-18)16-3)17(4)14-9-7-5-6-8-10-14/h13-14,16,18H,5-12H2,1-4H3. The minimum Gasteiger partial charge on any atom is -0.394 e. The predicted octanol–water partition coefficient (Wildman–Crippen LogP) is 2.39. The van der Waals surface area contributed by atoms with Gasteiger partial charge in [0.1, 0.15) is 0 Å². The van der Waals surface area contributed by atoms with E-state index in [9.17, 15) is 5.11 Å². The molecule has 0 aromatic heterocycles. The van der Waals surface area contributed by atoms with Crippen LogP contribution in [0, 0.1) is 0 Å². The number of hydrogen-bond acceptors (Lipinski definition) is 3. The van der Waals surface area contributed by atoms with Gasteiger partial charge in [0, 0.05) is 17.6 Å². The summed E-state index contributed by atoms with van der Waals surface area (Å²) in [6.45, 7) is 4.59. The van der Waals surface area contributed by atoms with Crippen molar-refractivity contribution in [2.24, 2.45) is 0 Å².